The highest BCUT2D eigenvalue weighted by molar-refractivity contribution is 5.84. The standard InChI is InChI=1S/C17H22N4O2/c1-21-13-8-22-17(23-9-13)11-4-2-10(3-5-11)12-6-14(18)16(20)15(19)7-12/h2-7,13,17,21H,8-9,18-20H2,1H3. The minimum atomic E-state index is -0.324. The molecule has 0 aliphatic carbocycles. The molecule has 1 heterocycles. The molecule has 2 aromatic rings. The molecule has 0 unspecified atom stereocenters. The lowest BCUT2D eigenvalue weighted by molar-refractivity contribution is -0.193. The first-order valence-electron chi connectivity index (χ1n) is 7.53. The zero-order chi connectivity index (χ0) is 16.4. The maximum atomic E-state index is 5.88. The molecule has 7 N–H and O–H groups in total. The average Bonchev–Trinajstić information content (AvgIpc) is 2.59. The number of hydrogen-bond acceptors (Lipinski definition) is 6. The fourth-order valence-electron chi connectivity index (χ4n) is 2.56. The predicted octanol–water partition coefficient (Wildman–Crippen LogP) is 1.73. The van der Waals surface area contributed by atoms with Crippen LogP contribution in [0.1, 0.15) is 11.9 Å². The maximum Gasteiger partial charge on any atom is 0.183 e. The third-order valence-electron chi connectivity index (χ3n) is 4.07. The van der Waals surface area contributed by atoms with Gasteiger partial charge in [-0.25, -0.2) is 0 Å². The normalized spacial score (nSPS) is 21.3. The Bertz CT molecular complexity index is 656. The predicted molar refractivity (Wildman–Crippen MR) is 92.6 cm³/mol. The number of nitrogens with two attached hydrogens (primary N) is 3. The van der Waals surface area contributed by atoms with E-state index >= 15 is 0 Å². The van der Waals surface area contributed by atoms with Gasteiger partial charge in [0.15, 0.2) is 6.29 Å². The summed E-state index contributed by atoms with van der Waals surface area (Å²) in [7, 11) is 1.90. The molecule has 1 saturated heterocycles. The zero-order valence-electron chi connectivity index (χ0n) is 13.1. The number of hydrogen-bond donors (Lipinski definition) is 4. The zero-order valence-corrected chi connectivity index (χ0v) is 13.1. The SMILES string of the molecule is CNC1COC(c2ccc(-c3cc(N)c(N)c(N)c3)cc2)OC1. The van der Waals surface area contributed by atoms with Crippen LogP contribution in [0.3, 0.4) is 0 Å². The Morgan fingerprint density at radius 1 is 0.913 bits per heavy atom. The number of anilines is 3. The molecular formula is C17H22N4O2. The Morgan fingerprint density at radius 2 is 1.48 bits per heavy atom. The molecule has 3 rings (SSSR count). The summed E-state index contributed by atoms with van der Waals surface area (Å²) in [4.78, 5) is 0. The molecule has 6 nitrogen and oxygen atoms in total. The van der Waals surface area contributed by atoms with E-state index in [1.165, 1.54) is 0 Å². The third kappa shape index (κ3) is 3.24. The molecule has 0 spiro atoms. The summed E-state index contributed by atoms with van der Waals surface area (Å²) < 4.78 is 11.5. The average molecular weight is 314 g/mol. The van der Waals surface area contributed by atoms with E-state index in [1.807, 2.05) is 43.4 Å². The highest BCUT2D eigenvalue weighted by Gasteiger charge is 2.22. The van der Waals surface area contributed by atoms with E-state index in [0.29, 0.717) is 30.3 Å². The van der Waals surface area contributed by atoms with E-state index in [9.17, 15) is 0 Å². The summed E-state index contributed by atoms with van der Waals surface area (Å²) in [5.74, 6) is 0. The summed E-state index contributed by atoms with van der Waals surface area (Å²) in [5, 5.41) is 3.14. The summed E-state index contributed by atoms with van der Waals surface area (Å²) in [6.07, 6.45) is -0.324. The monoisotopic (exact) mass is 314 g/mol. The van der Waals surface area contributed by atoms with Crippen LogP contribution in [-0.4, -0.2) is 26.3 Å². The Labute approximate surface area is 135 Å². The number of likely N-dealkylation sites (N-methyl/N-ethyl adjacent to an activating group) is 1. The molecule has 122 valence electrons. The van der Waals surface area contributed by atoms with E-state index in [2.05, 4.69) is 5.32 Å². The van der Waals surface area contributed by atoms with Gasteiger partial charge in [-0.2, -0.15) is 0 Å². The molecule has 0 aromatic heterocycles. The van der Waals surface area contributed by atoms with Gasteiger partial charge >= 0.3 is 0 Å². The quantitative estimate of drug-likeness (QED) is 0.643. The Balaban J connectivity index is 1.77. The van der Waals surface area contributed by atoms with Crippen LogP contribution in [0.5, 0.6) is 0 Å². The second kappa shape index (κ2) is 6.45. The highest BCUT2D eigenvalue weighted by Crippen LogP contribution is 2.32. The largest absolute Gasteiger partial charge is 0.397 e. The number of rotatable bonds is 3. The van der Waals surface area contributed by atoms with E-state index in [-0.39, 0.29) is 12.3 Å². The van der Waals surface area contributed by atoms with Crippen molar-refractivity contribution in [2.24, 2.45) is 0 Å². The van der Waals surface area contributed by atoms with Crippen LogP contribution in [0.4, 0.5) is 17.1 Å². The van der Waals surface area contributed by atoms with E-state index in [0.717, 1.165) is 16.7 Å². The molecule has 23 heavy (non-hydrogen) atoms. The van der Waals surface area contributed by atoms with Crippen LogP contribution >= 0.6 is 0 Å². The molecule has 1 fully saturated rings. The van der Waals surface area contributed by atoms with Crippen molar-refractivity contribution < 1.29 is 9.47 Å². The van der Waals surface area contributed by atoms with Crippen LogP contribution in [-0.2, 0) is 9.47 Å². The molecule has 0 saturated carbocycles. The molecule has 0 bridgehead atoms. The summed E-state index contributed by atoms with van der Waals surface area (Å²) in [6, 6.07) is 11.9. The molecule has 2 aromatic carbocycles. The first kappa shape index (κ1) is 15.6. The molecule has 1 aliphatic heterocycles. The highest BCUT2D eigenvalue weighted by atomic mass is 16.7. The van der Waals surface area contributed by atoms with Gasteiger partial charge in [0.05, 0.1) is 36.3 Å². The molecule has 0 amide bonds. The van der Waals surface area contributed by atoms with Crippen molar-refractivity contribution in [1.82, 2.24) is 5.32 Å². The van der Waals surface area contributed by atoms with Gasteiger partial charge in [-0.05, 0) is 30.3 Å². The van der Waals surface area contributed by atoms with Crippen LogP contribution < -0.4 is 22.5 Å². The summed E-state index contributed by atoms with van der Waals surface area (Å²) in [5.41, 5.74) is 21.9. The van der Waals surface area contributed by atoms with Crippen LogP contribution in [0.15, 0.2) is 36.4 Å². The topological polar surface area (TPSA) is 109 Å². The molecular weight excluding hydrogens is 292 g/mol. The van der Waals surface area contributed by atoms with Crippen molar-refractivity contribution in [2.45, 2.75) is 12.3 Å². The minimum absolute atomic E-state index is 0.242. The first-order valence-corrected chi connectivity index (χ1v) is 7.53. The molecule has 6 heteroatoms. The van der Waals surface area contributed by atoms with Gasteiger partial charge in [0, 0.05) is 5.56 Å². The van der Waals surface area contributed by atoms with Crippen molar-refractivity contribution >= 4 is 17.1 Å². The van der Waals surface area contributed by atoms with Crippen molar-refractivity contribution in [3.8, 4) is 11.1 Å². The lowest BCUT2D eigenvalue weighted by atomic mass is 10.0. The van der Waals surface area contributed by atoms with Crippen molar-refractivity contribution in [3.05, 3.63) is 42.0 Å². The fraction of sp³-hybridized carbons (Fsp3) is 0.294. The number of nitrogens with one attached hydrogen (secondary N) is 1. The van der Waals surface area contributed by atoms with Crippen molar-refractivity contribution in [2.75, 3.05) is 37.5 Å². The second-order valence-corrected chi connectivity index (χ2v) is 5.67. The van der Waals surface area contributed by atoms with Crippen LogP contribution in [0, 0.1) is 0 Å². The van der Waals surface area contributed by atoms with E-state index < -0.39 is 0 Å². The minimum Gasteiger partial charge on any atom is -0.397 e. The lowest BCUT2D eigenvalue weighted by Crippen LogP contribution is -2.40. The van der Waals surface area contributed by atoms with Crippen molar-refractivity contribution in [3.63, 3.8) is 0 Å². The molecule has 1 aliphatic rings. The maximum absolute atomic E-state index is 5.88. The Hall–Kier alpha value is -2.28. The van der Waals surface area contributed by atoms with Gasteiger partial charge in [-0.3, -0.25) is 0 Å². The first-order chi connectivity index (χ1) is 11.1. The third-order valence-corrected chi connectivity index (χ3v) is 4.07. The summed E-state index contributed by atoms with van der Waals surface area (Å²) in [6.45, 7) is 1.27. The second-order valence-electron chi connectivity index (χ2n) is 5.67. The molecule has 0 atom stereocenters. The van der Waals surface area contributed by atoms with Gasteiger partial charge in [0.1, 0.15) is 0 Å². The summed E-state index contributed by atoms with van der Waals surface area (Å²) >= 11 is 0. The van der Waals surface area contributed by atoms with Gasteiger partial charge in [-0.15, -0.1) is 0 Å². The number of nitrogen functional groups attached to an aromatic ring is 3. The van der Waals surface area contributed by atoms with Crippen molar-refractivity contribution in [1.29, 1.82) is 0 Å². The Morgan fingerprint density at radius 3 is 2.00 bits per heavy atom. The van der Waals surface area contributed by atoms with Gasteiger partial charge < -0.3 is 32.0 Å². The van der Waals surface area contributed by atoms with Gasteiger partial charge in [-0.1, -0.05) is 24.3 Å². The van der Waals surface area contributed by atoms with Crippen LogP contribution in [0.2, 0.25) is 0 Å². The number of ether oxygens (including phenoxy) is 2. The van der Waals surface area contributed by atoms with E-state index in [1.54, 1.807) is 0 Å². The van der Waals surface area contributed by atoms with E-state index in [4.69, 9.17) is 26.7 Å². The smallest absolute Gasteiger partial charge is 0.183 e. The van der Waals surface area contributed by atoms with Gasteiger partial charge in [0.2, 0.25) is 0 Å². The lowest BCUT2D eigenvalue weighted by Gasteiger charge is -2.29. The number of benzene rings is 2. The van der Waals surface area contributed by atoms with Crippen LogP contribution in [0.25, 0.3) is 11.1 Å². The van der Waals surface area contributed by atoms with Gasteiger partial charge in [0.25, 0.3) is 0 Å². The Kier molecular flexibility index (Phi) is 4.38. The molecule has 0 radical (unpaired) electrons. The fourth-order valence-corrected chi connectivity index (χ4v) is 2.56.